The molecule has 0 bridgehead atoms. The van der Waals surface area contributed by atoms with Crippen molar-refractivity contribution in [3.05, 3.63) is 29.8 Å². The van der Waals surface area contributed by atoms with Crippen LogP contribution in [0.4, 0.5) is 4.11 Å². The number of hydrogen-bond donors (Lipinski definition) is 0. The number of rotatable bonds is 2. The van der Waals surface area contributed by atoms with Crippen LogP contribution < -0.4 is 5.19 Å². The number of carbonyl (C=O) groups is 1. The van der Waals surface area contributed by atoms with E-state index in [0.29, 0.717) is 10.8 Å². The van der Waals surface area contributed by atoms with Gasteiger partial charge in [-0.1, -0.05) is 24.3 Å². The summed E-state index contributed by atoms with van der Waals surface area (Å²) in [5.74, 6) is 0.0127. The van der Waals surface area contributed by atoms with E-state index in [9.17, 15) is 8.90 Å². The van der Waals surface area contributed by atoms with Gasteiger partial charge in [-0.05, 0) is 12.1 Å². The van der Waals surface area contributed by atoms with Crippen molar-refractivity contribution in [3.63, 3.8) is 0 Å². The highest BCUT2D eigenvalue weighted by Crippen LogP contribution is 1.96. The minimum absolute atomic E-state index is 0.0127. The van der Waals surface area contributed by atoms with Crippen molar-refractivity contribution in [2.45, 2.75) is 6.92 Å². The highest BCUT2D eigenvalue weighted by molar-refractivity contribution is 6.46. The average molecular weight is 166 g/mol. The van der Waals surface area contributed by atoms with Gasteiger partial charge in [0.1, 0.15) is 0 Å². The van der Waals surface area contributed by atoms with E-state index in [2.05, 4.69) is 0 Å². The Balaban J connectivity index is 2.91. The standard InChI is InChI=1S/C8H7FOSi/c1-6(10)7-2-4-8(11-9)5-3-7/h2-5H,1H3. The second-order valence-electron chi connectivity index (χ2n) is 2.23. The molecule has 0 spiro atoms. The molecule has 0 aliphatic carbocycles. The number of benzene rings is 1. The first kappa shape index (κ1) is 8.14. The molecule has 1 nitrogen and oxygen atoms in total. The number of ketones is 1. The van der Waals surface area contributed by atoms with Crippen LogP contribution in [0.25, 0.3) is 0 Å². The Hall–Kier alpha value is -0.963. The fourth-order valence-electron chi connectivity index (χ4n) is 0.768. The van der Waals surface area contributed by atoms with E-state index in [0.717, 1.165) is 0 Å². The number of halogens is 1. The summed E-state index contributed by atoms with van der Waals surface area (Å²) in [5.41, 5.74) is 0.631. The lowest BCUT2D eigenvalue weighted by Crippen LogP contribution is -2.09. The number of hydrogen-bond acceptors (Lipinski definition) is 1. The fourth-order valence-corrected chi connectivity index (χ4v) is 1.06. The van der Waals surface area contributed by atoms with Crippen LogP contribution in [-0.2, 0) is 0 Å². The first-order valence-electron chi connectivity index (χ1n) is 3.21. The lowest BCUT2D eigenvalue weighted by molar-refractivity contribution is 0.101. The molecule has 0 amide bonds. The van der Waals surface area contributed by atoms with Crippen molar-refractivity contribution >= 4 is 20.8 Å². The molecule has 0 saturated heterocycles. The maximum Gasteiger partial charge on any atom is 0.333 e. The van der Waals surface area contributed by atoms with Crippen LogP contribution in [0.3, 0.4) is 0 Å². The molecular formula is C8H7FOSi. The van der Waals surface area contributed by atoms with E-state index < -0.39 is 9.85 Å². The summed E-state index contributed by atoms with van der Waals surface area (Å²) in [4.78, 5) is 10.8. The molecule has 0 atom stereocenters. The molecule has 0 heterocycles. The Kier molecular flexibility index (Phi) is 2.54. The summed E-state index contributed by atoms with van der Waals surface area (Å²) in [6, 6.07) is 6.55. The van der Waals surface area contributed by atoms with E-state index in [4.69, 9.17) is 0 Å². The van der Waals surface area contributed by atoms with E-state index in [1.165, 1.54) is 6.92 Å². The quantitative estimate of drug-likeness (QED) is 0.365. The molecule has 3 heteroatoms. The van der Waals surface area contributed by atoms with Crippen LogP contribution in [0.15, 0.2) is 24.3 Å². The van der Waals surface area contributed by atoms with Crippen LogP contribution in [0.2, 0.25) is 0 Å². The van der Waals surface area contributed by atoms with Gasteiger partial charge in [0.05, 0.1) is 0 Å². The maximum absolute atomic E-state index is 12.0. The van der Waals surface area contributed by atoms with Crippen molar-refractivity contribution in [1.29, 1.82) is 0 Å². The minimum atomic E-state index is -0.691. The van der Waals surface area contributed by atoms with E-state index in [-0.39, 0.29) is 5.78 Å². The van der Waals surface area contributed by atoms with Gasteiger partial charge in [-0.2, -0.15) is 0 Å². The molecule has 0 aromatic heterocycles. The van der Waals surface area contributed by atoms with Gasteiger partial charge in [0, 0.05) is 5.56 Å². The Morgan fingerprint density at radius 2 is 1.91 bits per heavy atom. The molecule has 1 aromatic rings. The van der Waals surface area contributed by atoms with Gasteiger partial charge in [-0.15, -0.1) is 0 Å². The summed E-state index contributed by atoms with van der Waals surface area (Å²) in [6.07, 6.45) is 0. The molecule has 0 aliphatic rings. The second-order valence-corrected chi connectivity index (χ2v) is 2.99. The van der Waals surface area contributed by atoms with E-state index >= 15 is 0 Å². The maximum atomic E-state index is 12.0. The Labute approximate surface area is 67.2 Å². The van der Waals surface area contributed by atoms with Crippen molar-refractivity contribution in [1.82, 2.24) is 0 Å². The van der Waals surface area contributed by atoms with Gasteiger partial charge in [0.15, 0.2) is 5.78 Å². The summed E-state index contributed by atoms with van der Waals surface area (Å²) in [7, 11) is -0.691. The second kappa shape index (κ2) is 3.43. The molecule has 0 unspecified atom stereocenters. The summed E-state index contributed by atoms with van der Waals surface area (Å²) in [6.45, 7) is 1.49. The van der Waals surface area contributed by atoms with Crippen molar-refractivity contribution in [3.8, 4) is 0 Å². The Morgan fingerprint density at radius 3 is 2.27 bits per heavy atom. The molecule has 56 valence electrons. The predicted molar refractivity (Wildman–Crippen MR) is 42.9 cm³/mol. The highest BCUT2D eigenvalue weighted by Gasteiger charge is 1.98. The Morgan fingerprint density at radius 1 is 1.36 bits per heavy atom. The van der Waals surface area contributed by atoms with Crippen molar-refractivity contribution < 1.29 is 8.90 Å². The number of carbonyl (C=O) groups excluding carboxylic acids is 1. The van der Waals surface area contributed by atoms with E-state index in [1.54, 1.807) is 24.3 Å². The third-order valence-corrected chi connectivity index (χ3v) is 1.95. The van der Waals surface area contributed by atoms with Crippen LogP contribution in [0.5, 0.6) is 0 Å². The Bertz CT molecular complexity index is 255. The predicted octanol–water partition coefficient (Wildman–Crippen LogP) is 1.10. The van der Waals surface area contributed by atoms with Gasteiger partial charge < -0.3 is 4.11 Å². The zero-order valence-electron chi connectivity index (χ0n) is 6.10. The van der Waals surface area contributed by atoms with Gasteiger partial charge >= 0.3 is 9.85 Å². The zero-order valence-corrected chi connectivity index (χ0v) is 7.10. The molecule has 0 aliphatic heterocycles. The lowest BCUT2D eigenvalue weighted by atomic mass is 10.2. The zero-order chi connectivity index (χ0) is 8.27. The molecule has 0 fully saturated rings. The fraction of sp³-hybridized carbons (Fsp3) is 0.125. The summed E-state index contributed by atoms with van der Waals surface area (Å²) < 4.78 is 12.0. The first-order chi connectivity index (χ1) is 5.24. The van der Waals surface area contributed by atoms with E-state index in [1.807, 2.05) is 0 Å². The van der Waals surface area contributed by atoms with Gasteiger partial charge in [0.25, 0.3) is 0 Å². The molecular weight excluding hydrogens is 159 g/mol. The van der Waals surface area contributed by atoms with Crippen LogP contribution in [-0.4, -0.2) is 15.6 Å². The van der Waals surface area contributed by atoms with Crippen LogP contribution >= 0.6 is 0 Å². The molecule has 0 N–H and O–H groups in total. The molecule has 1 rings (SSSR count). The van der Waals surface area contributed by atoms with Gasteiger partial charge in [-0.25, -0.2) is 0 Å². The van der Waals surface area contributed by atoms with Crippen molar-refractivity contribution in [2.24, 2.45) is 0 Å². The molecule has 11 heavy (non-hydrogen) atoms. The third kappa shape index (κ3) is 1.98. The smallest absolute Gasteiger partial charge is 0.308 e. The highest BCUT2D eigenvalue weighted by atomic mass is 28.3. The normalized spacial score (nSPS) is 9.64. The molecule has 0 saturated carbocycles. The lowest BCUT2D eigenvalue weighted by Gasteiger charge is -1.94. The monoisotopic (exact) mass is 166 g/mol. The van der Waals surface area contributed by atoms with Crippen LogP contribution in [0.1, 0.15) is 17.3 Å². The van der Waals surface area contributed by atoms with Crippen LogP contribution in [0, 0.1) is 0 Å². The molecule has 2 radical (unpaired) electrons. The molecule has 1 aromatic carbocycles. The van der Waals surface area contributed by atoms with Crippen molar-refractivity contribution in [2.75, 3.05) is 0 Å². The minimum Gasteiger partial charge on any atom is -0.308 e. The third-order valence-electron chi connectivity index (χ3n) is 1.40. The summed E-state index contributed by atoms with van der Waals surface area (Å²) >= 11 is 0. The largest absolute Gasteiger partial charge is 0.333 e. The topological polar surface area (TPSA) is 17.1 Å². The number of Topliss-reactive ketones (excluding diaryl/α,β-unsaturated/α-hetero) is 1. The van der Waals surface area contributed by atoms with Gasteiger partial charge in [0.2, 0.25) is 0 Å². The SMILES string of the molecule is CC(=O)c1ccc([Si]F)cc1. The van der Waals surface area contributed by atoms with Gasteiger partial charge in [-0.3, -0.25) is 4.79 Å². The first-order valence-corrected chi connectivity index (χ1v) is 4.09. The average Bonchev–Trinajstić information content (AvgIpc) is 2.05. The summed E-state index contributed by atoms with van der Waals surface area (Å²) in [5, 5.41) is 0.634.